The largest absolute Gasteiger partial charge is 0.306 e. The molecule has 1 aliphatic rings. The van der Waals surface area contributed by atoms with E-state index in [0.717, 1.165) is 11.4 Å². The van der Waals surface area contributed by atoms with Crippen LogP contribution in [-0.4, -0.2) is 11.0 Å². The molecule has 0 spiro atoms. The normalized spacial score (nSPS) is 19.3. The third kappa shape index (κ3) is 3.38. The highest BCUT2D eigenvalue weighted by atomic mass is 79.9. The molecule has 2 aromatic rings. The quantitative estimate of drug-likeness (QED) is 0.851. The van der Waals surface area contributed by atoms with Crippen LogP contribution in [0.4, 0.5) is 0 Å². The van der Waals surface area contributed by atoms with E-state index in [4.69, 9.17) is 0 Å². The molecule has 3 rings (SSSR count). The molecule has 1 aromatic heterocycles. The average molecular weight is 365 g/mol. The van der Waals surface area contributed by atoms with E-state index in [0.29, 0.717) is 12.1 Å². The van der Waals surface area contributed by atoms with E-state index in [-0.39, 0.29) is 0 Å². The molecule has 1 N–H and O–H groups in total. The van der Waals surface area contributed by atoms with Crippen LogP contribution in [0.2, 0.25) is 0 Å². The SMILES string of the molecule is Cc1nc(C)c(C(C)NC2CCc3cc(Br)ccc3C2)s1. The molecule has 2 unspecified atom stereocenters. The molecule has 0 aliphatic heterocycles. The molecule has 0 saturated carbocycles. The molecule has 2 nitrogen and oxygen atoms in total. The first-order chi connectivity index (χ1) is 10.0. The zero-order valence-corrected chi connectivity index (χ0v) is 15.1. The van der Waals surface area contributed by atoms with Crippen LogP contribution in [0.3, 0.4) is 0 Å². The van der Waals surface area contributed by atoms with Gasteiger partial charge >= 0.3 is 0 Å². The molecule has 4 heteroatoms. The van der Waals surface area contributed by atoms with Crippen LogP contribution in [0.1, 0.15) is 46.1 Å². The molecular weight excluding hydrogens is 344 g/mol. The molecule has 0 bridgehead atoms. The number of aryl methyl sites for hydroxylation is 3. The summed E-state index contributed by atoms with van der Waals surface area (Å²) in [5.41, 5.74) is 4.17. The van der Waals surface area contributed by atoms with E-state index < -0.39 is 0 Å². The van der Waals surface area contributed by atoms with Gasteiger partial charge in [-0.15, -0.1) is 11.3 Å². The highest BCUT2D eigenvalue weighted by Crippen LogP contribution is 2.28. The Labute approximate surface area is 139 Å². The number of rotatable bonds is 3. The van der Waals surface area contributed by atoms with Crippen LogP contribution in [0, 0.1) is 13.8 Å². The van der Waals surface area contributed by atoms with Crippen LogP contribution in [0.15, 0.2) is 22.7 Å². The number of benzene rings is 1. The molecule has 1 aliphatic carbocycles. The summed E-state index contributed by atoms with van der Waals surface area (Å²) in [6.07, 6.45) is 3.51. The first-order valence-electron chi connectivity index (χ1n) is 7.50. The number of hydrogen-bond donors (Lipinski definition) is 1. The van der Waals surface area contributed by atoms with Crippen molar-refractivity contribution < 1.29 is 0 Å². The van der Waals surface area contributed by atoms with E-state index in [1.165, 1.54) is 39.0 Å². The van der Waals surface area contributed by atoms with Gasteiger partial charge in [0.05, 0.1) is 10.7 Å². The van der Waals surface area contributed by atoms with Crippen molar-refractivity contribution >= 4 is 27.3 Å². The molecule has 21 heavy (non-hydrogen) atoms. The smallest absolute Gasteiger partial charge is 0.0900 e. The summed E-state index contributed by atoms with van der Waals surface area (Å²) in [5.74, 6) is 0. The third-order valence-electron chi connectivity index (χ3n) is 4.22. The van der Waals surface area contributed by atoms with Gasteiger partial charge in [-0.05, 0) is 63.3 Å². The molecule has 0 amide bonds. The van der Waals surface area contributed by atoms with Crippen molar-refractivity contribution in [2.75, 3.05) is 0 Å². The Morgan fingerprint density at radius 2 is 2.14 bits per heavy atom. The highest BCUT2D eigenvalue weighted by molar-refractivity contribution is 9.10. The number of nitrogens with one attached hydrogen (secondary N) is 1. The predicted octanol–water partition coefficient (Wildman–Crippen LogP) is 4.73. The third-order valence-corrected chi connectivity index (χ3v) is 5.96. The number of fused-ring (bicyclic) bond motifs is 1. The van der Waals surface area contributed by atoms with Crippen LogP contribution in [0.5, 0.6) is 0 Å². The van der Waals surface area contributed by atoms with E-state index in [1.807, 2.05) is 11.3 Å². The Bertz CT molecular complexity index is 650. The summed E-state index contributed by atoms with van der Waals surface area (Å²) >= 11 is 5.38. The summed E-state index contributed by atoms with van der Waals surface area (Å²) in [6, 6.07) is 7.64. The summed E-state index contributed by atoms with van der Waals surface area (Å²) < 4.78 is 1.19. The summed E-state index contributed by atoms with van der Waals surface area (Å²) in [6.45, 7) is 6.46. The summed E-state index contributed by atoms with van der Waals surface area (Å²) in [5, 5.41) is 4.97. The topological polar surface area (TPSA) is 24.9 Å². The van der Waals surface area contributed by atoms with Crippen LogP contribution >= 0.6 is 27.3 Å². The number of aromatic nitrogens is 1. The second-order valence-corrected chi connectivity index (χ2v) is 8.07. The Hall–Kier alpha value is -0.710. The summed E-state index contributed by atoms with van der Waals surface area (Å²) in [7, 11) is 0. The number of nitrogens with zero attached hydrogens (tertiary/aromatic N) is 1. The molecule has 0 fully saturated rings. The van der Waals surface area contributed by atoms with Crippen molar-refractivity contribution in [3.05, 3.63) is 49.4 Å². The molecule has 112 valence electrons. The van der Waals surface area contributed by atoms with E-state index in [2.05, 4.69) is 65.2 Å². The number of thiazole rings is 1. The maximum absolute atomic E-state index is 4.54. The monoisotopic (exact) mass is 364 g/mol. The van der Waals surface area contributed by atoms with E-state index >= 15 is 0 Å². The van der Waals surface area contributed by atoms with E-state index in [1.54, 1.807) is 0 Å². The second kappa shape index (κ2) is 6.19. The molecule has 1 heterocycles. The second-order valence-electron chi connectivity index (χ2n) is 5.92. The molecule has 0 radical (unpaired) electrons. The molecule has 2 atom stereocenters. The van der Waals surface area contributed by atoms with Gasteiger partial charge in [0.1, 0.15) is 0 Å². The van der Waals surface area contributed by atoms with Crippen LogP contribution in [0.25, 0.3) is 0 Å². The van der Waals surface area contributed by atoms with Gasteiger partial charge in [0.2, 0.25) is 0 Å². The minimum Gasteiger partial charge on any atom is -0.306 e. The lowest BCUT2D eigenvalue weighted by atomic mass is 9.88. The lowest BCUT2D eigenvalue weighted by Crippen LogP contribution is -2.36. The fraction of sp³-hybridized carbons (Fsp3) is 0.471. The Morgan fingerprint density at radius 1 is 1.33 bits per heavy atom. The van der Waals surface area contributed by atoms with Gasteiger partial charge in [-0.3, -0.25) is 0 Å². The average Bonchev–Trinajstić information content (AvgIpc) is 2.78. The fourth-order valence-corrected chi connectivity index (χ4v) is 4.59. The number of hydrogen-bond acceptors (Lipinski definition) is 3. The van der Waals surface area contributed by atoms with Crippen LogP contribution in [-0.2, 0) is 12.8 Å². The van der Waals surface area contributed by atoms with Gasteiger partial charge < -0.3 is 5.32 Å². The van der Waals surface area contributed by atoms with Gasteiger partial charge in [0.15, 0.2) is 0 Å². The van der Waals surface area contributed by atoms with Gasteiger partial charge in [-0.2, -0.15) is 0 Å². The Balaban J connectivity index is 1.69. The lowest BCUT2D eigenvalue weighted by Gasteiger charge is -2.28. The van der Waals surface area contributed by atoms with E-state index in [9.17, 15) is 0 Å². The zero-order valence-electron chi connectivity index (χ0n) is 12.7. The first-order valence-corrected chi connectivity index (χ1v) is 9.11. The molecular formula is C17H21BrN2S. The van der Waals surface area contributed by atoms with Crippen molar-refractivity contribution in [2.45, 2.75) is 52.1 Å². The maximum Gasteiger partial charge on any atom is 0.0900 e. The van der Waals surface area contributed by atoms with Crippen LogP contribution < -0.4 is 5.32 Å². The van der Waals surface area contributed by atoms with Crippen molar-refractivity contribution in [2.24, 2.45) is 0 Å². The predicted molar refractivity (Wildman–Crippen MR) is 93.1 cm³/mol. The lowest BCUT2D eigenvalue weighted by molar-refractivity contribution is 0.415. The van der Waals surface area contributed by atoms with Gasteiger partial charge in [0.25, 0.3) is 0 Å². The van der Waals surface area contributed by atoms with Crippen molar-refractivity contribution in [3.63, 3.8) is 0 Å². The standard InChI is InChI=1S/C17H21BrN2S/c1-10-17(21-12(3)19-10)11(2)20-16-7-5-13-8-15(18)6-4-14(13)9-16/h4,6,8,11,16,20H,5,7,9H2,1-3H3. The molecule has 0 saturated heterocycles. The van der Waals surface area contributed by atoms with Gasteiger partial charge in [-0.1, -0.05) is 22.0 Å². The van der Waals surface area contributed by atoms with Crippen molar-refractivity contribution in [3.8, 4) is 0 Å². The minimum absolute atomic E-state index is 0.387. The fourth-order valence-electron chi connectivity index (χ4n) is 3.24. The number of halogens is 1. The molecule has 1 aromatic carbocycles. The van der Waals surface area contributed by atoms with Gasteiger partial charge in [-0.25, -0.2) is 4.98 Å². The first kappa shape index (κ1) is 15.2. The Kier molecular flexibility index (Phi) is 4.48. The van der Waals surface area contributed by atoms with Crippen molar-refractivity contribution in [1.29, 1.82) is 0 Å². The summed E-state index contributed by atoms with van der Waals surface area (Å²) in [4.78, 5) is 5.93. The highest BCUT2D eigenvalue weighted by Gasteiger charge is 2.22. The van der Waals surface area contributed by atoms with Gasteiger partial charge in [0, 0.05) is 21.4 Å². The van der Waals surface area contributed by atoms with Crippen molar-refractivity contribution in [1.82, 2.24) is 10.3 Å². The maximum atomic E-state index is 4.54. The minimum atomic E-state index is 0.387. The Morgan fingerprint density at radius 3 is 2.86 bits per heavy atom. The zero-order chi connectivity index (χ0) is 15.0.